The Bertz CT molecular complexity index is 315. The molecule has 2 fully saturated rings. The van der Waals surface area contributed by atoms with E-state index in [0.29, 0.717) is 6.42 Å². The second-order valence-corrected chi connectivity index (χ2v) is 6.05. The van der Waals surface area contributed by atoms with Gasteiger partial charge in [-0.3, -0.25) is 4.79 Å². The molecule has 1 N–H and O–H groups in total. The third kappa shape index (κ3) is 1.06. The maximum atomic E-state index is 11.6. The first-order valence-corrected chi connectivity index (χ1v) is 5.77. The van der Waals surface area contributed by atoms with Crippen molar-refractivity contribution in [1.29, 1.82) is 0 Å². The Labute approximate surface area is 97.1 Å². The van der Waals surface area contributed by atoms with E-state index in [-0.39, 0.29) is 18.5 Å². The van der Waals surface area contributed by atoms with Crippen LogP contribution in [-0.2, 0) is 14.3 Å². The lowest BCUT2D eigenvalue weighted by molar-refractivity contribution is -0.211. The molecule has 0 spiro atoms. The van der Waals surface area contributed by atoms with Crippen molar-refractivity contribution in [3.63, 3.8) is 0 Å². The SMILES string of the molecule is COC(=O)C12COC(O)(C(C)C)C1(Br)C2. The van der Waals surface area contributed by atoms with Crippen LogP contribution in [0.2, 0.25) is 0 Å². The van der Waals surface area contributed by atoms with Gasteiger partial charge in [-0.05, 0) is 6.42 Å². The molecule has 4 nitrogen and oxygen atoms in total. The van der Waals surface area contributed by atoms with E-state index < -0.39 is 15.5 Å². The average molecular weight is 279 g/mol. The molecule has 1 saturated heterocycles. The van der Waals surface area contributed by atoms with Gasteiger partial charge in [-0.2, -0.15) is 0 Å². The Balaban J connectivity index is 2.32. The second-order valence-electron chi connectivity index (χ2n) is 4.69. The van der Waals surface area contributed by atoms with Crippen molar-refractivity contribution in [1.82, 2.24) is 0 Å². The maximum absolute atomic E-state index is 11.6. The summed E-state index contributed by atoms with van der Waals surface area (Å²) in [6.07, 6.45) is 0.571. The number of rotatable bonds is 2. The van der Waals surface area contributed by atoms with Gasteiger partial charge in [0.25, 0.3) is 0 Å². The van der Waals surface area contributed by atoms with Crippen molar-refractivity contribution in [2.45, 2.75) is 30.4 Å². The van der Waals surface area contributed by atoms with Crippen LogP contribution < -0.4 is 0 Å². The van der Waals surface area contributed by atoms with Crippen molar-refractivity contribution in [3.8, 4) is 0 Å². The van der Waals surface area contributed by atoms with E-state index in [2.05, 4.69) is 15.9 Å². The molecule has 1 aliphatic heterocycles. The first-order valence-electron chi connectivity index (χ1n) is 4.98. The number of ether oxygens (including phenoxy) is 2. The fourth-order valence-electron chi connectivity index (χ4n) is 2.47. The van der Waals surface area contributed by atoms with Crippen LogP contribution in [0.4, 0.5) is 0 Å². The van der Waals surface area contributed by atoms with E-state index in [1.165, 1.54) is 7.11 Å². The molecule has 3 unspecified atom stereocenters. The largest absolute Gasteiger partial charge is 0.468 e. The smallest absolute Gasteiger partial charge is 0.315 e. The summed E-state index contributed by atoms with van der Waals surface area (Å²) in [4.78, 5) is 11.6. The van der Waals surface area contributed by atoms with Gasteiger partial charge < -0.3 is 14.6 Å². The summed E-state index contributed by atoms with van der Waals surface area (Å²) >= 11 is 3.46. The van der Waals surface area contributed by atoms with Crippen LogP contribution in [0.5, 0.6) is 0 Å². The molecule has 0 aromatic carbocycles. The standard InChI is InChI=1S/C10H15BrO4/c1-6(2)10(13)9(11)4-8(9,5-15-10)7(12)14-3/h6,13H,4-5H2,1-3H3. The molecule has 0 amide bonds. The third-order valence-electron chi connectivity index (χ3n) is 3.64. The third-order valence-corrected chi connectivity index (χ3v) is 5.25. The van der Waals surface area contributed by atoms with Gasteiger partial charge in [-0.1, -0.05) is 29.8 Å². The fraction of sp³-hybridized carbons (Fsp3) is 0.900. The summed E-state index contributed by atoms with van der Waals surface area (Å²) in [6, 6.07) is 0. The Morgan fingerprint density at radius 3 is 2.53 bits per heavy atom. The van der Waals surface area contributed by atoms with E-state index >= 15 is 0 Å². The topological polar surface area (TPSA) is 55.8 Å². The monoisotopic (exact) mass is 278 g/mol. The Kier molecular flexibility index (Phi) is 2.24. The number of alkyl halides is 1. The zero-order chi connectivity index (χ0) is 11.5. The molecular formula is C10H15BrO4. The number of halogens is 1. The lowest BCUT2D eigenvalue weighted by Crippen LogP contribution is -2.46. The molecule has 0 aromatic heterocycles. The van der Waals surface area contributed by atoms with Crippen molar-refractivity contribution < 1.29 is 19.4 Å². The molecule has 86 valence electrons. The van der Waals surface area contributed by atoms with Gasteiger partial charge in [0.15, 0.2) is 5.79 Å². The summed E-state index contributed by atoms with van der Waals surface area (Å²) in [5, 5.41) is 10.4. The first kappa shape index (κ1) is 11.4. The van der Waals surface area contributed by atoms with Crippen molar-refractivity contribution in [2.75, 3.05) is 13.7 Å². The molecule has 0 aromatic rings. The molecule has 1 heterocycles. The summed E-state index contributed by atoms with van der Waals surface area (Å²) in [7, 11) is 1.36. The number of hydrogen-bond acceptors (Lipinski definition) is 4. The van der Waals surface area contributed by atoms with E-state index in [1.54, 1.807) is 0 Å². The number of hydrogen-bond donors (Lipinski definition) is 1. The van der Waals surface area contributed by atoms with Gasteiger partial charge in [-0.15, -0.1) is 0 Å². The number of carbonyl (C=O) groups excluding carboxylic acids is 1. The maximum Gasteiger partial charge on any atom is 0.315 e. The second kappa shape index (κ2) is 2.96. The zero-order valence-corrected chi connectivity index (χ0v) is 10.6. The molecule has 5 heteroatoms. The van der Waals surface area contributed by atoms with Crippen LogP contribution in [0.1, 0.15) is 20.3 Å². The average Bonchev–Trinajstić information content (AvgIpc) is 2.75. The van der Waals surface area contributed by atoms with E-state index in [9.17, 15) is 9.90 Å². The number of methoxy groups -OCH3 is 1. The van der Waals surface area contributed by atoms with Crippen LogP contribution in [-0.4, -0.2) is 34.9 Å². The zero-order valence-electron chi connectivity index (χ0n) is 9.04. The Morgan fingerprint density at radius 1 is 1.60 bits per heavy atom. The fourth-order valence-corrected chi connectivity index (χ4v) is 3.79. The summed E-state index contributed by atoms with van der Waals surface area (Å²) in [5.41, 5.74) is -0.694. The van der Waals surface area contributed by atoms with Gasteiger partial charge in [-0.25, -0.2) is 0 Å². The minimum absolute atomic E-state index is 0.0779. The van der Waals surface area contributed by atoms with E-state index in [4.69, 9.17) is 9.47 Å². The molecular weight excluding hydrogens is 264 g/mol. The molecule has 15 heavy (non-hydrogen) atoms. The van der Waals surface area contributed by atoms with Gasteiger partial charge in [0.1, 0.15) is 5.41 Å². The minimum Gasteiger partial charge on any atom is -0.468 e. The normalized spacial score (nSPS) is 47.9. The molecule has 0 radical (unpaired) electrons. The summed E-state index contributed by atoms with van der Waals surface area (Å²) < 4.78 is 9.49. The van der Waals surface area contributed by atoms with Crippen LogP contribution >= 0.6 is 15.9 Å². The first-order chi connectivity index (χ1) is 6.84. The highest BCUT2D eigenvalue weighted by Crippen LogP contribution is 2.73. The van der Waals surface area contributed by atoms with Crippen LogP contribution in [0.25, 0.3) is 0 Å². The van der Waals surface area contributed by atoms with Crippen molar-refractivity contribution >= 4 is 21.9 Å². The molecule has 1 aliphatic carbocycles. The molecule has 1 saturated carbocycles. The Hall–Kier alpha value is -0.130. The quantitative estimate of drug-likeness (QED) is 0.606. The molecule has 2 aliphatic rings. The lowest BCUT2D eigenvalue weighted by atomic mass is 9.95. The molecule has 3 atom stereocenters. The Morgan fingerprint density at radius 2 is 2.20 bits per heavy atom. The highest BCUT2D eigenvalue weighted by Gasteiger charge is 2.85. The number of aliphatic hydroxyl groups is 1. The van der Waals surface area contributed by atoms with Crippen molar-refractivity contribution in [2.24, 2.45) is 11.3 Å². The van der Waals surface area contributed by atoms with E-state index in [0.717, 1.165) is 0 Å². The lowest BCUT2D eigenvalue weighted by Gasteiger charge is -2.32. The summed E-state index contributed by atoms with van der Waals surface area (Å²) in [6.45, 7) is 3.96. The van der Waals surface area contributed by atoms with Crippen molar-refractivity contribution in [3.05, 3.63) is 0 Å². The predicted molar refractivity (Wildman–Crippen MR) is 56.5 cm³/mol. The van der Waals surface area contributed by atoms with Gasteiger partial charge in [0.2, 0.25) is 0 Å². The highest BCUT2D eigenvalue weighted by atomic mass is 79.9. The molecule has 2 rings (SSSR count). The number of carbonyl (C=O) groups is 1. The van der Waals surface area contributed by atoms with E-state index in [1.807, 2.05) is 13.8 Å². The molecule has 0 bridgehead atoms. The number of esters is 1. The highest BCUT2D eigenvalue weighted by molar-refractivity contribution is 9.10. The van der Waals surface area contributed by atoms with Crippen LogP contribution in [0, 0.1) is 11.3 Å². The summed E-state index contributed by atoms with van der Waals surface area (Å²) in [5.74, 6) is -1.66. The van der Waals surface area contributed by atoms with Gasteiger partial charge in [0.05, 0.1) is 18.0 Å². The predicted octanol–water partition coefficient (Wildman–Crippen LogP) is 1.06. The van der Waals surface area contributed by atoms with Gasteiger partial charge in [0, 0.05) is 5.92 Å². The van der Waals surface area contributed by atoms with Gasteiger partial charge >= 0.3 is 5.97 Å². The number of fused-ring (bicyclic) bond motifs is 1. The van der Waals surface area contributed by atoms with Crippen LogP contribution in [0.3, 0.4) is 0 Å². The minimum atomic E-state index is -1.28. The van der Waals surface area contributed by atoms with Crippen LogP contribution in [0.15, 0.2) is 0 Å².